The number of carbonyl (C=O) groups excluding carboxylic acids is 3. The fourth-order valence-corrected chi connectivity index (χ4v) is 6.28. The van der Waals surface area contributed by atoms with Crippen LogP contribution in [0.5, 0.6) is 6.01 Å². The monoisotopic (exact) mass is 752 g/mol. The number of carbonyl (C=O) groups is 3. The largest absolute Gasteiger partial charge is 0.467 e. The summed E-state index contributed by atoms with van der Waals surface area (Å²) in [7, 11) is -3.37. The number of rotatable bonds is 8. The van der Waals surface area contributed by atoms with E-state index in [4.69, 9.17) is 32.7 Å². The van der Waals surface area contributed by atoms with Gasteiger partial charge in [0, 0.05) is 16.2 Å². The summed E-state index contributed by atoms with van der Waals surface area (Å²) in [6, 6.07) is 7.31. The van der Waals surface area contributed by atoms with Crippen LogP contribution in [0.2, 0.25) is 5.02 Å². The molecule has 0 spiro atoms. The molecule has 4 aromatic rings. The highest BCUT2D eigenvalue weighted by Crippen LogP contribution is 2.37. The van der Waals surface area contributed by atoms with Crippen LogP contribution in [0, 0.1) is 17.5 Å². The lowest BCUT2D eigenvalue weighted by Crippen LogP contribution is -2.31. The number of aromatic nitrogens is 4. The van der Waals surface area contributed by atoms with Crippen LogP contribution in [-0.2, 0) is 29.1 Å². The summed E-state index contributed by atoms with van der Waals surface area (Å²) in [5.74, 6) is -4.44. The first kappa shape index (κ1) is 36.3. The van der Waals surface area contributed by atoms with Gasteiger partial charge in [0.1, 0.15) is 22.4 Å². The predicted molar refractivity (Wildman–Crippen MR) is 174 cm³/mol. The molecule has 6 rings (SSSR count). The van der Waals surface area contributed by atoms with Crippen LogP contribution >= 0.6 is 23.2 Å². The zero-order valence-corrected chi connectivity index (χ0v) is 28.4. The van der Waals surface area contributed by atoms with Crippen LogP contribution in [0.15, 0.2) is 63.9 Å². The van der Waals surface area contributed by atoms with Gasteiger partial charge < -0.3 is 9.47 Å². The molecule has 13 nitrogen and oxygen atoms in total. The number of benzene rings is 2. The Hall–Kier alpha value is -5.00. The van der Waals surface area contributed by atoms with Crippen LogP contribution in [0.1, 0.15) is 38.2 Å². The van der Waals surface area contributed by atoms with Crippen molar-refractivity contribution >= 4 is 74.1 Å². The molecule has 262 valence electrons. The lowest BCUT2D eigenvalue weighted by atomic mass is 9.93. The molecule has 2 aromatic heterocycles. The van der Waals surface area contributed by atoms with E-state index in [1.54, 1.807) is 29.8 Å². The second kappa shape index (κ2) is 14.9. The number of esters is 1. The van der Waals surface area contributed by atoms with Gasteiger partial charge in [-0.3, -0.25) is 14.3 Å². The quantitative estimate of drug-likeness (QED) is 0.137. The first-order valence-electron chi connectivity index (χ1n) is 14.6. The first-order chi connectivity index (χ1) is 23.8. The molecule has 0 fully saturated rings. The second-order valence-electron chi connectivity index (χ2n) is 10.5. The fourth-order valence-electron chi connectivity index (χ4n) is 4.98. The normalized spacial score (nSPS) is 14.8. The third-order valence-corrected chi connectivity index (χ3v) is 9.01. The lowest BCUT2D eigenvalue weighted by Gasteiger charge is -2.16. The summed E-state index contributed by atoms with van der Waals surface area (Å²) in [5, 5.41) is 2.85. The molecule has 0 atom stereocenters. The van der Waals surface area contributed by atoms with E-state index in [1.165, 1.54) is 18.1 Å². The number of imide groups is 1. The average molecular weight is 754 g/mol. The standard InChI is InChI=1S/C19H17Cl2NO4.C12H8F3N5O3S/c1-2-26-19(25)16(21)10-11-9-12(7-8-15(11)20)22-17(23)13-5-3-4-6-14(13)18(22)24;1-23-12-16-5-8(15)10-17-11(18-20(10)12)24(21,22)19-9-6(13)3-2-4-7(9)14/h7-10H,2-6H2,1H3;2-5,19H,1H3/b16-10-;. The zero-order valence-electron chi connectivity index (χ0n) is 26.0. The predicted octanol–water partition coefficient (Wildman–Crippen LogP) is 5.58. The van der Waals surface area contributed by atoms with Crippen LogP contribution in [0.3, 0.4) is 0 Å². The van der Waals surface area contributed by atoms with Crippen LogP contribution < -0.4 is 14.4 Å². The minimum Gasteiger partial charge on any atom is -0.467 e. The number of methoxy groups -OCH3 is 1. The lowest BCUT2D eigenvalue weighted by molar-refractivity contribution is -0.137. The van der Waals surface area contributed by atoms with Crippen LogP contribution in [-0.4, -0.2) is 59.5 Å². The molecule has 0 saturated heterocycles. The van der Waals surface area contributed by atoms with Gasteiger partial charge in [-0.25, -0.2) is 27.8 Å². The summed E-state index contributed by atoms with van der Waals surface area (Å²) in [5.41, 5.74) is 0.667. The van der Waals surface area contributed by atoms with Crippen molar-refractivity contribution in [3.63, 3.8) is 0 Å². The van der Waals surface area contributed by atoms with Crippen molar-refractivity contribution in [1.29, 1.82) is 0 Å². The SMILES string of the molecule is CCOC(=O)/C(Cl)=C/c1cc(N2C(=O)C3=C(CCCC3)C2=O)ccc1Cl.COc1ncc(F)c2nc(S(=O)(=O)Nc3c(F)cccc3F)nn12. The maximum absolute atomic E-state index is 13.7. The molecule has 50 heavy (non-hydrogen) atoms. The van der Waals surface area contributed by atoms with Gasteiger partial charge in [0.15, 0.2) is 11.5 Å². The minimum absolute atomic E-state index is 0.137. The van der Waals surface area contributed by atoms with Crippen molar-refractivity contribution in [3.8, 4) is 6.01 Å². The number of hydrogen-bond acceptors (Lipinski definition) is 10. The summed E-state index contributed by atoms with van der Waals surface area (Å²) in [6.07, 6.45) is 5.22. The van der Waals surface area contributed by atoms with E-state index in [0.29, 0.717) is 44.8 Å². The molecule has 19 heteroatoms. The van der Waals surface area contributed by atoms with E-state index in [2.05, 4.69) is 15.1 Å². The summed E-state index contributed by atoms with van der Waals surface area (Å²) in [6.45, 7) is 1.87. The number of amides is 2. The van der Waals surface area contributed by atoms with Gasteiger partial charge in [0.2, 0.25) is 0 Å². The van der Waals surface area contributed by atoms with Crippen molar-refractivity contribution < 1.29 is 45.4 Å². The number of ether oxygens (including phenoxy) is 2. The third-order valence-electron chi connectivity index (χ3n) is 7.27. The Morgan fingerprint density at radius 2 is 1.68 bits per heavy atom. The van der Waals surface area contributed by atoms with E-state index < -0.39 is 49.9 Å². The van der Waals surface area contributed by atoms with Crippen LogP contribution in [0.25, 0.3) is 11.7 Å². The number of hydrogen-bond donors (Lipinski definition) is 1. The van der Waals surface area contributed by atoms with Crippen LogP contribution in [0.4, 0.5) is 24.5 Å². The second-order valence-corrected chi connectivity index (χ2v) is 12.8. The highest BCUT2D eigenvalue weighted by Gasteiger charge is 2.39. The molecule has 1 aliphatic heterocycles. The van der Waals surface area contributed by atoms with Crippen molar-refractivity contribution in [2.24, 2.45) is 0 Å². The van der Waals surface area contributed by atoms with Crippen molar-refractivity contribution in [3.05, 3.63) is 86.8 Å². The minimum atomic E-state index is -4.58. The Balaban J connectivity index is 0.000000195. The molecule has 1 aliphatic carbocycles. The van der Waals surface area contributed by atoms with E-state index in [1.807, 2.05) is 0 Å². The van der Waals surface area contributed by atoms with Gasteiger partial charge in [0.05, 0.1) is 25.6 Å². The van der Waals surface area contributed by atoms with Crippen molar-refractivity contribution in [2.45, 2.75) is 37.8 Å². The molecule has 2 aromatic carbocycles. The van der Waals surface area contributed by atoms with E-state index in [0.717, 1.165) is 37.2 Å². The fraction of sp³-hybridized carbons (Fsp3) is 0.226. The third kappa shape index (κ3) is 7.29. The number of para-hydroxylation sites is 1. The smallest absolute Gasteiger partial charge is 0.349 e. The molecule has 0 saturated carbocycles. The molecule has 2 amide bonds. The van der Waals surface area contributed by atoms with Crippen molar-refractivity contribution in [2.75, 3.05) is 23.3 Å². The number of sulfonamides is 1. The number of anilines is 2. The maximum Gasteiger partial charge on any atom is 0.349 e. The number of halogens is 5. The number of nitrogens with one attached hydrogen (secondary N) is 1. The summed E-state index contributed by atoms with van der Waals surface area (Å²) in [4.78, 5) is 45.2. The molecule has 2 aliphatic rings. The zero-order chi connectivity index (χ0) is 36.3. The molecular weight excluding hydrogens is 728 g/mol. The van der Waals surface area contributed by atoms with E-state index in [-0.39, 0.29) is 29.5 Å². The van der Waals surface area contributed by atoms with Gasteiger partial charge in [-0.2, -0.15) is 17.9 Å². The first-order valence-corrected chi connectivity index (χ1v) is 16.9. The highest BCUT2D eigenvalue weighted by atomic mass is 35.5. The van der Waals surface area contributed by atoms with Gasteiger partial charge in [-0.1, -0.05) is 29.3 Å². The van der Waals surface area contributed by atoms with Gasteiger partial charge in [-0.05, 0) is 74.6 Å². The summed E-state index contributed by atoms with van der Waals surface area (Å²) >= 11 is 12.1. The average Bonchev–Trinajstić information content (AvgIpc) is 3.66. The Morgan fingerprint density at radius 3 is 2.28 bits per heavy atom. The van der Waals surface area contributed by atoms with E-state index >= 15 is 0 Å². The van der Waals surface area contributed by atoms with Gasteiger partial charge >= 0.3 is 12.0 Å². The maximum atomic E-state index is 13.7. The molecule has 0 bridgehead atoms. The molecular formula is C31H25Cl2F3N6O7S. The number of nitrogens with zero attached hydrogens (tertiary/aromatic N) is 5. The Morgan fingerprint density at radius 1 is 1.04 bits per heavy atom. The van der Waals surface area contributed by atoms with Crippen molar-refractivity contribution in [1.82, 2.24) is 19.6 Å². The summed E-state index contributed by atoms with van der Waals surface area (Å²) < 4.78 is 77.3. The topological polar surface area (TPSA) is 162 Å². The number of fused-ring (bicyclic) bond motifs is 1. The Kier molecular flexibility index (Phi) is 10.8. The van der Waals surface area contributed by atoms with E-state index in [9.17, 15) is 36.0 Å². The Bertz CT molecular complexity index is 2160. The molecule has 1 N–H and O–H groups in total. The molecule has 3 heterocycles. The van der Waals surface area contributed by atoms with Gasteiger partial charge in [-0.15, -0.1) is 5.10 Å². The molecule has 0 unspecified atom stereocenters. The molecule has 0 radical (unpaired) electrons. The van der Waals surface area contributed by atoms with Gasteiger partial charge in [0.25, 0.3) is 27.0 Å². The highest BCUT2D eigenvalue weighted by molar-refractivity contribution is 7.92. The Labute approximate surface area is 292 Å².